The second kappa shape index (κ2) is 5.89. The molecule has 20 heavy (non-hydrogen) atoms. The standard InChI is InChI=1S/C15H11ClF2N2/c1-9(13-5-4-12(17)7-14(13)18)20-15-6-11(16)3-2-10(15)8-19/h2-7,9,20H,1H3. The third kappa shape index (κ3) is 3.06. The Morgan fingerprint density at radius 3 is 2.60 bits per heavy atom. The lowest BCUT2D eigenvalue weighted by Crippen LogP contribution is -2.10. The summed E-state index contributed by atoms with van der Waals surface area (Å²) in [5.41, 5.74) is 1.23. The second-order valence-electron chi connectivity index (χ2n) is 4.33. The summed E-state index contributed by atoms with van der Waals surface area (Å²) in [4.78, 5) is 0. The minimum Gasteiger partial charge on any atom is -0.377 e. The van der Waals surface area contributed by atoms with Crippen molar-refractivity contribution in [1.29, 1.82) is 5.26 Å². The van der Waals surface area contributed by atoms with Crippen LogP contribution in [0.2, 0.25) is 5.02 Å². The van der Waals surface area contributed by atoms with Crippen LogP contribution >= 0.6 is 11.6 Å². The largest absolute Gasteiger partial charge is 0.377 e. The molecule has 0 aliphatic carbocycles. The zero-order chi connectivity index (χ0) is 14.7. The van der Waals surface area contributed by atoms with E-state index in [2.05, 4.69) is 5.32 Å². The Balaban J connectivity index is 2.30. The van der Waals surface area contributed by atoms with Gasteiger partial charge in [-0.3, -0.25) is 0 Å². The fourth-order valence-electron chi connectivity index (χ4n) is 1.90. The minimum absolute atomic E-state index is 0.315. The molecule has 0 aromatic heterocycles. The summed E-state index contributed by atoms with van der Waals surface area (Å²) in [6.07, 6.45) is 0. The van der Waals surface area contributed by atoms with E-state index in [0.717, 1.165) is 6.07 Å². The van der Waals surface area contributed by atoms with E-state index < -0.39 is 17.7 Å². The van der Waals surface area contributed by atoms with Gasteiger partial charge in [0.25, 0.3) is 0 Å². The van der Waals surface area contributed by atoms with Crippen LogP contribution in [-0.2, 0) is 0 Å². The lowest BCUT2D eigenvalue weighted by Gasteiger charge is -2.17. The van der Waals surface area contributed by atoms with E-state index in [9.17, 15) is 8.78 Å². The zero-order valence-corrected chi connectivity index (χ0v) is 11.4. The summed E-state index contributed by atoms with van der Waals surface area (Å²) in [6.45, 7) is 1.72. The van der Waals surface area contributed by atoms with E-state index in [1.54, 1.807) is 25.1 Å². The fraction of sp³-hybridized carbons (Fsp3) is 0.133. The molecule has 0 spiro atoms. The number of hydrogen-bond donors (Lipinski definition) is 1. The number of anilines is 1. The average Bonchev–Trinajstić information content (AvgIpc) is 2.38. The van der Waals surface area contributed by atoms with Crippen molar-refractivity contribution in [3.63, 3.8) is 0 Å². The maximum Gasteiger partial charge on any atom is 0.131 e. The van der Waals surface area contributed by atoms with E-state index in [0.29, 0.717) is 21.8 Å². The maximum absolute atomic E-state index is 13.7. The summed E-state index contributed by atoms with van der Waals surface area (Å²) in [5, 5.41) is 12.5. The Labute approximate surface area is 120 Å². The number of benzene rings is 2. The molecule has 0 fully saturated rings. The van der Waals surface area contributed by atoms with Gasteiger partial charge in [-0.25, -0.2) is 8.78 Å². The number of nitrogens with one attached hydrogen (secondary N) is 1. The van der Waals surface area contributed by atoms with Crippen LogP contribution in [-0.4, -0.2) is 0 Å². The summed E-state index contributed by atoms with van der Waals surface area (Å²) in [5.74, 6) is -1.26. The monoisotopic (exact) mass is 292 g/mol. The quantitative estimate of drug-likeness (QED) is 0.893. The molecule has 2 rings (SSSR count). The molecular formula is C15H11ClF2N2. The third-order valence-electron chi connectivity index (χ3n) is 2.90. The first-order chi connectivity index (χ1) is 9.51. The van der Waals surface area contributed by atoms with E-state index in [-0.39, 0.29) is 0 Å². The molecule has 2 aromatic carbocycles. The molecule has 0 radical (unpaired) electrons. The van der Waals surface area contributed by atoms with Gasteiger partial charge in [-0.1, -0.05) is 17.7 Å². The van der Waals surface area contributed by atoms with Crippen molar-refractivity contribution in [1.82, 2.24) is 0 Å². The predicted octanol–water partition coefficient (Wildman–Crippen LogP) is 4.66. The molecule has 2 nitrogen and oxygen atoms in total. The SMILES string of the molecule is CC(Nc1cc(Cl)ccc1C#N)c1ccc(F)cc1F. The molecule has 1 N–H and O–H groups in total. The topological polar surface area (TPSA) is 35.8 Å². The van der Waals surface area contributed by atoms with E-state index in [4.69, 9.17) is 16.9 Å². The van der Waals surface area contributed by atoms with Crippen LogP contribution in [0.3, 0.4) is 0 Å². The Hall–Kier alpha value is -2.12. The third-order valence-corrected chi connectivity index (χ3v) is 3.14. The highest BCUT2D eigenvalue weighted by atomic mass is 35.5. The van der Waals surface area contributed by atoms with Crippen molar-refractivity contribution >= 4 is 17.3 Å². The van der Waals surface area contributed by atoms with E-state index >= 15 is 0 Å². The van der Waals surface area contributed by atoms with Gasteiger partial charge in [0.1, 0.15) is 17.7 Å². The number of nitriles is 1. The van der Waals surface area contributed by atoms with E-state index in [1.807, 2.05) is 6.07 Å². The van der Waals surface area contributed by atoms with Crippen molar-refractivity contribution in [2.75, 3.05) is 5.32 Å². The van der Waals surface area contributed by atoms with Crippen LogP contribution in [0.25, 0.3) is 0 Å². The van der Waals surface area contributed by atoms with Gasteiger partial charge >= 0.3 is 0 Å². The van der Waals surface area contributed by atoms with Crippen LogP contribution in [0.1, 0.15) is 24.1 Å². The molecule has 1 unspecified atom stereocenters. The minimum atomic E-state index is -0.634. The molecule has 0 amide bonds. The molecule has 0 bridgehead atoms. The molecule has 0 saturated carbocycles. The van der Waals surface area contributed by atoms with Crippen molar-refractivity contribution in [2.45, 2.75) is 13.0 Å². The lowest BCUT2D eigenvalue weighted by molar-refractivity contribution is 0.566. The predicted molar refractivity (Wildman–Crippen MR) is 74.6 cm³/mol. The van der Waals surface area contributed by atoms with E-state index in [1.165, 1.54) is 12.1 Å². The molecule has 0 aliphatic heterocycles. The number of rotatable bonds is 3. The number of hydrogen-bond acceptors (Lipinski definition) is 2. The summed E-state index contributed by atoms with van der Waals surface area (Å²) < 4.78 is 26.6. The average molecular weight is 293 g/mol. The van der Waals surface area contributed by atoms with Crippen molar-refractivity contribution in [2.24, 2.45) is 0 Å². The first-order valence-corrected chi connectivity index (χ1v) is 6.30. The lowest BCUT2D eigenvalue weighted by atomic mass is 10.1. The Bertz CT molecular complexity index is 680. The first-order valence-electron chi connectivity index (χ1n) is 5.92. The van der Waals surface area contributed by atoms with Crippen molar-refractivity contribution in [3.05, 3.63) is 64.2 Å². The zero-order valence-electron chi connectivity index (χ0n) is 10.6. The molecule has 0 saturated heterocycles. The molecule has 5 heteroatoms. The number of halogens is 3. The van der Waals surface area contributed by atoms with Gasteiger partial charge in [0.15, 0.2) is 0 Å². The van der Waals surface area contributed by atoms with Crippen LogP contribution in [0.15, 0.2) is 36.4 Å². The molecule has 1 atom stereocenters. The van der Waals surface area contributed by atoms with Crippen LogP contribution < -0.4 is 5.32 Å². The van der Waals surface area contributed by atoms with Gasteiger partial charge in [-0.15, -0.1) is 0 Å². The normalized spacial score (nSPS) is 11.8. The van der Waals surface area contributed by atoms with Gasteiger partial charge in [-0.05, 0) is 31.2 Å². The fourth-order valence-corrected chi connectivity index (χ4v) is 2.07. The highest BCUT2D eigenvalue weighted by molar-refractivity contribution is 6.30. The Morgan fingerprint density at radius 2 is 1.95 bits per heavy atom. The van der Waals surface area contributed by atoms with Gasteiger partial charge in [0.05, 0.1) is 17.3 Å². The first kappa shape index (κ1) is 14.3. The van der Waals surface area contributed by atoms with Gasteiger partial charge in [-0.2, -0.15) is 5.26 Å². The number of nitrogens with zero attached hydrogens (tertiary/aromatic N) is 1. The highest BCUT2D eigenvalue weighted by Crippen LogP contribution is 2.26. The maximum atomic E-state index is 13.7. The van der Waals surface area contributed by atoms with Gasteiger partial charge in [0.2, 0.25) is 0 Å². The second-order valence-corrected chi connectivity index (χ2v) is 4.77. The molecule has 102 valence electrons. The van der Waals surface area contributed by atoms with Crippen LogP contribution in [0.4, 0.5) is 14.5 Å². The van der Waals surface area contributed by atoms with Crippen molar-refractivity contribution in [3.8, 4) is 6.07 Å². The summed E-state index contributed by atoms with van der Waals surface area (Å²) >= 11 is 5.88. The molecule has 0 heterocycles. The summed E-state index contributed by atoms with van der Waals surface area (Å²) in [7, 11) is 0. The molecule has 2 aromatic rings. The molecule has 0 aliphatic rings. The molecular weight excluding hydrogens is 282 g/mol. The van der Waals surface area contributed by atoms with Gasteiger partial charge < -0.3 is 5.32 Å². The van der Waals surface area contributed by atoms with Gasteiger partial charge in [0, 0.05) is 16.7 Å². The van der Waals surface area contributed by atoms with Crippen molar-refractivity contribution < 1.29 is 8.78 Å². The highest BCUT2D eigenvalue weighted by Gasteiger charge is 2.13. The van der Waals surface area contributed by atoms with Crippen LogP contribution in [0.5, 0.6) is 0 Å². The smallest absolute Gasteiger partial charge is 0.131 e. The summed E-state index contributed by atoms with van der Waals surface area (Å²) in [6, 6.07) is 9.78. The van der Waals surface area contributed by atoms with Crippen LogP contribution in [0, 0.1) is 23.0 Å². The Kier molecular flexibility index (Phi) is 4.21. The Morgan fingerprint density at radius 1 is 1.20 bits per heavy atom.